The molecular formula is C30H38N6O. The highest BCUT2D eigenvalue weighted by Crippen LogP contribution is 2.32. The monoisotopic (exact) mass is 498 g/mol. The van der Waals surface area contributed by atoms with Gasteiger partial charge in [0.25, 0.3) is 0 Å². The number of hydrogen-bond donors (Lipinski definition) is 1. The fourth-order valence-electron chi connectivity index (χ4n) is 4.79. The molecule has 0 unspecified atom stereocenters. The zero-order valence-electron chi connectivity index (χ0n) is 23.1. The summed E-state index contributed by atoms with van der Waals surface area (Å²) in [4.78, 5) is 14.3. The zero-order chi connectivity index (χ0) is 26.8. The van der Waals surface area contributed by atoms with Crippen molar-refractivity contribution in [1.82, 2.24) is 9.97 Å². The summed E-state index contributed by atoms with van der Waals surface area (Å²) in [7, 11) is 1.68. The van der Waals surface area contributed by atoms with E-state index in [0.29, 0.717) is 11.8 Å². The number of nitrogens with zero attached hydrogens (tertiary/aromatic N) is 5. The maximum Gasteiger partial charge on any atom is 0.227 e. The third kappa shape index (κ3) is 5.96. The molecule has 2 heterocycles. The molecule has 0 spiro atoms. The Morgan fingerprint density at radius 1 is 1.05 bits per heavy atom. The van der Waals surface area contributed by atoms with E-state index in [9.17, 15) is 5.26 Å². The summed E-state index contributed by atoms with van der Waals surface area (Å²) in [6.45, 7) is 15.6. The van der Waals surface area contributed by atoms with Crippen molar-refractivity contribution < 1.29 is 4.74 Å². The van der Waals surface area contributed by atoms with E-state index in [4.69, 9.17) is 14.7 Å². The van der Waals surface area contributed by atoms with E-state index in [-0.39, 0.29) is 17.4 Å². The van der Waals surface area contributed by atoms with Crippen LogP contribution >= 0.6 is 0 Å². The first kappa shape index (κ1) is 26.3. The quantitative estimate of drug-likeness (QED) is 0.446. The Balaban J connectivity index is 1.61. The van der Waals surface area contributed by atoms with Crippen LogP contribution in [0.25, 0.3) is 0 Å². The maximum absolute atomic E-state index is 9.39. The van der Waals surface area contributed by atoms with Crippen LogP contribution < -0.4 is 19.9 Å². The van der Waals surface area contributed by atoms with Crippen molar-refractivity contribution in [3.63, 3.8) is 0 Å². The van der Waals surface area contributed by atoms with E-state index in [1.54, 1.807) is 7.11 Å². The maximum atomic E-state index is 9.39. The second-order valence-corrected chi connectivity index (χ2v) is 11.4. The third-order valence-electron chi connectivity index (χ3n) is 6.96. The highest BCUT2D eigenvalue weighted by atomic mass is 16.5. The second kappa shape index (κ2) is 10.3. The fraction of sp³-hybridized carbons (Fsp3) is 0.433. The predicted molar refractivity (Wildman–Crippen MR) is 151 cm³/mol. The summed E-state index contributed by atoms with van der Waals surface area (Å²) in [5.74, 6) is 2.22. The molecule has 0 atom stereocenters. The first-order valence-corrected chi connectivity index (χ1v) is 12.8. The number of hydrogen-bond acceptors (Lipinski definition) is 7. The van der Waals surface area contributed by atoms with Crippen LogP contribution in [0, 0.1) is 18.3 Å². The molecule has 1 N–H and O–H groups in total. The molecule has 1 aliphatic rings. The molecule has 0 saturated carbocycles. The van der Waals surface area contributed by atoms with Gasteiger partial charge < -0.3 is 19.9 Å². The smallest absolute Gasteiger partial charge is 0.227 e. The Morgan fingerprint density at radius 3 is 2.41 bits per heavy atom. The van der Waals surface area contributed by atoms with Gasteiger partial charge in [-0.05, 0) is 67.6 Å². The fourth-order valence-corrected chi connectivity index (χ4v) is 4.79. The van der Waals surface area contributed by atoms with Gasteiger partial charge in [-0.2, -0.15) is 10.2 Å². The minimum Gasteiger partial charge on any atom is -0.497 e. The lowest BCUT2D eigenvalue weighted by molar-refractivity contribution is 0.408. The van der Waals surface area contributed by atoms with E-state index in [1.807, 2.05) is 18.2 Å². The first-order chi connectivity index (χ1) is 17.5. The third-order valence-corrected chi connectivity index (χ3v) is 6.96. The minimum absolute atomic E-state index is 0.0437. The van der Waals surface area contributed by atoms with Crippen molar-refractivity contribution in [3.8, 4) is 11.8 Å². The Labute approximate surface area is 221 Å². The van der Waals surface area contributed by atoms with Crippen LogP contribution in [0.4, 0.5) is 23.1 Å². The van der Waals surface area contributed by atoms with Crippen molar-refractivity contribution in [2.75, 3.05) is 41.9 Å². The number of benzene rings is 2. The summed E-state index contributed by atoms with van der Waals surface area (Å²) in [5, 5.41) is 12.9. The Morgan fingerprint density at radius 2 is 1.78 bits per heavy atom. The zero-order valence-corrected chi connectivity index (χ0v) is 23.1. The number of methoxy groups -OCH3 is 1. The van der Waals surface area contributed by atoms with Crippen molar-refractivity contribution in [3.05, 3.63) is 65.4 Å². The van der Waals surface area contributed by atoms with E-state index < -0.39 is 0 Å². The van der Waals surface area contributed by atoms with Gasteiger partial charge in [0, 0.05) is 37.1 Å². The molecule has 1 aliphatic heterocycles. The topological polar surface area (TPSA) is 77.3 Å². The molecule has 0 aliphatic carbocycles. The average Bonchev–Trinajstić information content (AvgIpc) is 2.84. The highest BCUT2D eigenvalue weighted by molar-refractivity contribution is 5.63. The molecule has 7 nitrogen and oxygen atoms in total. The van der Waals surface area contributed by atoms with Gasteiger partial charge in [0.1, 0.15) is 11.6 Å². The molecule has 4 rings (SSSR count). The standard InChI is InChI=1S/C30H38N6O/c1-21-8-9-22(29(2,3)4)18-26(21)33-27-19-23(14-15-31)32-28(34-27)35-16-17-36(30(5,6)20-35)24-10-12-25(37-7)13-11-24/h8-13,18-19H,14,16-17,20H2,1-7H3,(H,32,33,34). The molecule has 0 amide bonds. The van der Waals surface area contributed by atoms with Crippen molar-refractivity contribution in [2.45, 2.75) is 58.9 Å². The van der Waals surface area contributed by atoms with Crippen LogP contribution in [0.1, 0.15) is 51.4 Å². The van der Waals surface area contributed by atoms with Gasteiger partial charge in [0.05, 0.1) is 30.8 Å². The SMILES string of the molecule is COc1ccc(N2CCN(c3nc(CC#N)cc(Nc4cc(C(C)(C)C)ccc4C)n3)CC2(C)C)cc1. The van der Waals surface area contributed by atoms with E-state index in [1.165, 1.54) is 11.3 Å². The van der Waals surface area contributed by atoms with Crippen molar-refractivity contribution >= 4 is 23.1 Å². The highest BCUT2D eigenvalue weighted by Gasteiger charge is 2.35. The Kier molecular flexibility index (Phi) is 7.31. The average molecular weight is 499 g/mol. The van der Waals surface area contributed by atoms with E-state index >= 15 is 0 Å². The van der Waals surface area contributed by atoms with Gasteiger partial charge in [0.15, 0.2) is 0 Å². The molecule has 3 aromatic rings. The number of anilines is 4. The van der Waals surface area contributed by atoms with Gasteiger partial charge in [-0.3, -0.25) is 0 Å². The molecule has 1 fully saturated rings. The molecule has 2 aromatic carbocycles. The number of aryl methyl sites for hydroxylation is 1. The molecule has 0 radical (unpaired) electrons. The number of ether oxygens (including phenoxy) is 1. The van der Waals surface area contributed by atoms with Crippen LogP contribution in [0.2, 0.25) is 0 Å². The summed E-state index contributed by atoms with van der Waals surface area (Å²) in [6.07, 6.45) is 0.237. The van der Waals surface area contributed by atoms with E-state index in [2.05, 4.69) is 93.1 Å². The summed E-state index contributed by atoms with van der Waals surface area (Å²) in [6, 6.07) is 18.9. The lowest BCUT2D eigenvalue weighted by atomic mass is 9.86. The summed E-state index contributed by atoms with van der Waals surface area (Å²) in [5.41, 5.74) is 5.20. The normalized spacial score (nSPS) is 15.3. The Hall–Kier alpha value is -3.79. The number of aromatic nitrogens is 2. The van der Waals surface area contributed by atoms with Gasteiger partial charge in [0.2, 0.25) is 5.95 Å². The minimum atomic E-state index is -0.146. The van der Waals surface area contributed by atoms with Gasteiger partial charge in [-0.1, -0.05) is 32.9 Å². The molecular weight excluding hydrogens is 460 g/mol. The van der Waals surface area contributed by atoms with Crippen LogP contribution in [0.15, 0.2) is 48.5 Å². The van der Waals surface area contributed by atoms with Crippen LogP contribution in [-0.2, 0) is 11.8 Å². The first-order valence-electron chi connectivity index (χ1n) is 12.8. The molecule has 1 aromatic heterocycles. The summed E-state index contributed by atoms with van der Waals surface area (Å²) >= 11 is 0. The second-order valence-electron chi connectivity index (χ2n) is 11.4. The molecule has 1 saturated heterocycles. The lowest BCUT2D eigenvalue weighted by Gasteiger charge is -2.48. The van der Waals surface area contributed by atoms with Crippen LogP contribution in [0.3, 0.4) is 0 Å². The lowest BCUT2D eigenvalue weighted by Crippen LogP contribution is -2.60. The molecule has 7 heteroatoms. The van der Waals surface area contributed by atoms with Crippen molar-refractivity contribution in [1.29, 1.82) is 5.26 Å². The molecule has 194 valence electrons. The number of rotatable bonds is 6. The number of nitriles is 1. The van der Waals surface area contributed by atoms with Crippen LogP contribution in [-0.4, -0.2) is 42.3 Å². The number of nitrogens with one attached hydrogen (secondary N) is 1. The van der Waals surface area contributed by atoms with Crippen LogP contribution in [0.5, 0.6) is 5.75 Å². The predicted octanol–water partition coefficient (Wildman–Crippen LogP) is 6.01. The van der Waals surface area contributed by atoms with E-state index in [0.717, 1.165) is 42.3 Å². The van der Waals surface area contributed by atoms with Crippen molar-refractivity contribution in [2.24, 2.45) is 0 Å². The number of piperazine rings is 1. The largest absolute Gasteiger partial charge is 0.497 e. The molecule has 37 heavy (non-hydrogen) atoms. The molecule has 0 bridgehead atoms. The van der Waals surface area contributed by atoms with Gasteiger partial charge >= 0.3 is 0 Å². The Bertz CT molecular complexity index is 1290. The van der Waals surface area contributed by atoms with Gasteiger partial charge in [-0.25, -0.2) is 4.98 Å². The summed E-state index contributed by atoms with van der Waals surface area (Å²) < 4.78 is 5.33. The van der Waals surface area contributed by atoms with Gasteiger partial charge in [-0.15, -0.1) is 0 Å².